The smallest absolute Gasteiger partial charge is 0.226 e. The van der Waals surface area contributed by atoms with Crippen molar-refractivity contribution in [2.45, 2.75) is 78.2 Å². The van der Waals surface area contributed by atoms with Crippen LogP contribution in [-0.2, 0) is 9.53 Å². The number of ether oxygens (including phenoxy) is 2. The third kappa shape index (κ3) is 6.20. The first kappa shape index (κ1) is 28.8. The molecule has 2 aromatic rings. The van der Waals surface area contributed by atoms with Crippen LogP contribution in [0.5, 0.6) is 5.75 Å². The number of halogens is 2. The van der Waals surface area contributed by atoms with Gasteiger partial charge in [-0.3, -0.25) is 4.79 Å². The molecule has 2 fully saturated rings. The summed E-state index contributed by atoms with van der Waals surface area (Å²) in [5.41, 5.74) is 1.93. The van der Waals surface area contributed by atoms with Crippen molar-refractivity contribution in [1.82, 2.24) is 5.32 Å². The van der Waals surface area contributed by atoms with E-state index in [2.05, 4.69) is 44.3 Å². The van der Waals surface area contributed by atoms with Crippen LogP contribution < -0.4 is 10.1 Å². The van der Waals surface area contributed by atoms with E-state index in [1.807, 2.05) is 38.1 Å². The molecule has 2 aromatic carbocycles. The van der Waals surface area contributed by atoms with Gasteiger partial charge in [0.1, 0.15) is 12.4 Å². The van der Waals surface area contributed by atoms with Crippen molar-refractivity contribution in [3.05, 3.63) is 63.6 Å². The Morgan fingerprint density at radius 2 is 1.78 bits per heavy atom. The summed E-state index contributed by atoms with van der Waals surface area (Å²) in [6, 6.07) is 14.2. The quantitative estimate of drug-likeness (QED) is 0.332. The van der Waals surface area contributed by atoms with Gasteiger partial charge in [-0.1, -0.05) is 75.5 Å². The van der Waals surface area contributed by atoms with Crippen molar-refractivity contribution in [3.63, 3.8) is 0 Å². The van der Waals surface area contributed by atoms with Crippen molar-refractivity contribution < 1.29 is 14.3 Å². The van der Waals surface area contributed by atoms with Crippen molar-refractivity contribution >= 4 is 29.1 Å². The van der Waals surface area contributed by atoms with Crippen LogP contribution in [0.4, 0.5) is 0 Å². The van der Waals surface area contributed by atoms with Crippen LogP contribution in [0, 0.1) is 11.3 Å². The molecule has 4 nitrogen and oxygen atoms in total. The highest BCUT2D eigenvalue weighted by atomic mass is 35.5. The number of unbranched alkanes of at least 4 members (excludes halogenated alkanes) is 1. The lowest BCUT2D eigenvalue weighted by molar-refractivity contribution is -0.129. The predicted octanol–water partition coefficient (Wildman–Crippen LogP) is 8.02. The zero-order chi connectivity index (χ0) is 26.3. The normalized spacial score (nSPS) is 27.0. The van der Waals surface area contributed by atoms with Gasteiger partial charge >= 0.3 is 0 Å². The lowest BCUT2D eigenvalue weighted by Crippen LogP contribution is -2.42. The van der Waals surface area contributed by atoms with E-state index >= 15 is 0 Å². The van der Waals surface area contributed by atoms with Gasteiger partial charge in [0.15, 0.2) is 0 Å². The highest BCUT2D eigenvalue weighted by Crippen LogP contribution is 2.59. The van der Waals surface area contributed by atoms with Gasteiger partial charge < -0.3 is 14.8 Å². The van der Waals surface area contributed by atoms with Gasteiger partial charge in [0, 0.05) is 28.6 Å². The number of rotatable bonds is 9. The minimum atomic E-state index is -0.381. The Hall–Kier alpha value is -1.75. The SMILES string of the molecule is CC.CCCCOCCOc1ccc(C2CCC3(C)C(=O)NC(C)C3C2c2ccc(Cl)cc2)c(Cl)c1. The minimum absolute atomic E-state index is 0.0927. The van der Waals surface area contributed by atoms with Crippen LogP contribution in [0.3, 0.4) is 0 Å². The molecule has 1 saturated heterocycles. The van der Waals surface area contributed by atoms with Crippen molar-refractivity contribution in [3.8, 4) is 5.75 Å². The van der Waals surface area contributed by atoms with Gasteiger partial charge in [-0.15, -0.1) is 0 Å². The molecule has 1 N–H and O–H groups in total. The summed E-state index contributed by atoms with van der Waals surface area (Å²) < 4.78 is 11.5. The second kappa shape index (κ2) is 13.2. The summed E-state index contributed by atoms with van der Waals surface area (Å²) in [6.45, 7) is 12.2. The van der Waals surface area contributed by atoms with Gasteiger partial charge in [-0.2, -0.15) is 0 Å². The number of fused-ring (bicyclic) bond motifs is 1. The van der Waals surface area contributed by atoms with Crippen LogP contribution in [0.1, 0.15) is 83.3 Å². The first-order chi connectivity index (χ1) is 17.3. The zero-order valence-corrected chi connectivity index (χ0v) is 23.8. The number of carbonyl (C=O) groups excluding carboxylic acids is 1. The second-order valence-electron chi connectivity index (χ2n) is 9.93. The third-order valence-corrected chi connectivity index (χ3v) is 8.29. The molecule has 0 aromatic heterocycles. The molecule has 1 aliphatic carbocycles. The first-order valence-electron chi connectivity index (χ1n) is 13.4. The van der Waals surface area contributed by atoms with Crippen molar-refractivity contribution in [2.75, 3.05) is 19.8 Å². The maximum absolute atomic E-state index is 12.9. The number of carbonyl (C=O) groups is 1. The van der Waals surface area contributed by atoms with Gasteiger partial charge in [0.25, 0.3) is 0 Å². The van der Waals surface area contributed by atoms with Crippen LogP contribution in [0.25, 0.3) is 0 Å². The zero-order valence-electron chi connectivity index (χ0n) is 22.3. The molecule has 0 spiro atoms. The minimum Gasteiger partial charge on any atom is -0.491 e. The third-order valence-electron chi connectivity index (χ3n) is 7.71. The second-order valence-corrected chi connectivity index (χ2v) is 10.8. The molecule has 2 aliphatic rings. The van der Waals surface area contributed by atoms with E-state index < -0.39 is 0 Å². The van der Waals surface area contributed by atoms with E-state index in [4.69, 9.17) is 32.7 Å². The molecule has 4 rings (SSSR count). The van der Waals surface area contributed by atoms with Gasteiger partial charge in [0.05, 0.1) is 12.0 Å². The summed E-state index contributed by atoms with van der Waals surface area (Å²) >= 11 is 13.1. The topological polar surface area (TPSA) is 47.6 Å². The molecule has 36 heavy (non-hydrogen) atoms. The number of benzene rings is 2. The monoisotopic (exact) mass is 533 g/mol. The van der Waals surface area contributed by atoms with E-state index in [1.165, 1.54) is 5.56 Å². The molecule has 5 unspecified atom stereocenters. The molecule has 1 amide bonds. The van der Waals surface area contributed by atoms with Crippen LogP contribution in [0.15, 0.2) is 42.5 Å². The summed E-state index contributed by atoms with van der Waals surface area (Å²) in [6.07, 6.45) is 3.92. The lowest BCUT2D eigenvalue weighted by atomic mass is 9.56. The van der Waals surface area contributed by atoms with Gasteiger partial charge in [0.2, 0.25) is 5.91 Å². The lowest BCUT2D eigenvalue weighted by Gasteiger charge is -2.46. The highest BCUT2D eigenvalue weighted by molar-refractivity contribution is 6.31. The van der Waals surface area contributed by atoms with Crippen LogP contribution in [-0.4, -0.2) is 31.8 Å². The maximum Gasteiger partial charge on any atom is 0.226 e. The Labute approximate surface area is 227 Å². The summed E-state index contributed by atoms with van der Waals surface area (Å²) in [5, 5.41) is 4.64. The number of amides is 1. The van der Waals surface area contributed by atoms with Crippen molar-refractivity contribution in [2.24, 2.45) is 11.3 Å². The largest absolute Gasteiger partial charge is 0.491 e. The van der Waals surface area contributed by atoms with E-state index in [9.17, 15) is 4.79 Å². The fraction of sp³-hybridized carbons (Fsp3) is 0.567. The molecule has 6 heteroatoms. The van der Waals surface area contributed by atoms with Gasteiger partial charge in [-0.05, 0) is 73.4 Å². The fourth-order valence-corrected chi connectivity index (χ4v) is 6.41. The summed E-state index contributed by atoms with van der Waals surface area (Å²) in [4.78, 5) is 12.9. The van der Waals surface area contributed by atoms with Crippen LogP contribution >= 0.6 is 23.2 Å². The number of hydrogen-bond acceptors (Lipinski definition) is 3. The molecule has 198 valence electrons. The van der Waals surface area contributed by atoms with E-state index in [0.717, 1.165) is 43.6 Å². The predicted molar refractivity (Wildman–Crippen MR) is 149 cm³/mol. The fourth-order valence-electron chi connectivity index (χ4n) is 5.98. The summed E-state index contributed by atoms with van der Waals surface area (Å²) in [5.74, 6) is 1.45. The molecule has 1 aliphatic heterocycles. The molecular weight excluding hydrogens is 493 g/mol. The maximum atomic E-state index is 12.9. The van der Waals surface area contributed by atoms with Crippen molar-refractivity contribution in [1.29, 1.82) is 0 Å². The Kier molecular flexibility index (Phi) is 10.5. The molecular formula is C30H41Cl2NO3. The standard InChI is InChI=1S/C28H35Cl2NO3.C2H6/c1-4-5-14-33-15-16-34-21-10-11-22(24(30)17-21)23-12-13-28(3)26(18(2)31-27(28)32)25(23)19-6-8-20(29)9-7-19;1-2/h6-11,17-18,23,25-26H,4-5,12-16H2,1-3H3,(H,31,32);1-2H3. The molecule has 1 saturated carbocycles. The Morgan fingerprint density at radius 3 is 2.44 bits per heavy atom. The highest BCUT2D eigenvalue weighted by Gasteiger charge is 2.57. The Morgan fingerprint density at radius 1 is 1.06 bits per heavy atom. The molecule has 0 bridgehead atoms. The first-order valence-corrected chi connectivity index (χ1v) is 14.2. The van der Waals surface area contributed by atoms with Gasteiger partial charge in [-0.25, -0.2) is 0 Å². The van der Waals surface area contributed by atoms with E-state index in [1.54, 1.807) is 0 Å². The van der Waals surface area contributed by atoms with Crippen LogP contribution in [0.2, 0.25) is 10.0 Å². The molecule has 5 atom stereocenters. The Bertz CT molecular complexity index is 996. The van der Waals surface area contributed by atoms with E-state index in [0.29, 0.717) is 23.3 Å². The average molecular weight is 535 g/mol. The Balaban J connectivity index is 0.00000176. The van der Waals surface area contributed by atoms with E-state index in [-0.39, 0.29) is 35.1 Å². The summed E-state index contributed by atoms with van der Waals surface area (Å²) in [7, 11) is 0. The molecule has 0 radical (unpaired) electrons. The number of nitrogens with one attached hydrogen (secondary N) is 1. The molecule has 1 heterocycles. The average Bonchev–Trinajstić information content (AvgIpc) is 3.11. The number of hydrogen-bond donors (Lipinski definition) is 1.